The first-order chi connectivity index (χ1) is 13.5. The van der Waals surface area contributed by atoms with Crippen LogP contribution in [0.15, 0.2) is 53.6 Å². The summed E-state index contributed by atoms with van der Waals surface area (Å²) in [5, 5.41) is 6.74. The quantitative estimate of drug-likeness (QED) is 0.515. The third-order valence-corrected chi connectivity index (χ3v) is 3.82. The van der Waals surface area contributed by atoms with Gasteiger partial charge in [-0.2, -0.15) is 5.10 Å². The standard InChI is InChI=1S/C21H25N3O4/c1-15-7-6-9-18(11-15)28-14-21(26)24-23-16(2)12-20(25)22-13-17-8-4-5-10-19(17)27-3/h4-11H,12-14H2,1-3H3,(H,22,25)(H,24,26). The van der Waals surface area contributed by atoms with Crippen LogP contribution in [0.4, 0.5) is 0 Å². The number of aryl methyl sites for hydroxylation is 1. The van der Waals surface area contributed by atoms with E-state index in [0.29, 0.717) is 23.8 Å². The molecule has 2 aromatic carbocycles. The number of amides is 2. The Morgan fingerprint density at radius 3 is 2.61 bits per heavy atom. The van der Waals surface area contributed by atoms with Gasteiger partial charge in [-0.25, -0.2) is 5.43 Å². The molecule has 2 rings (SSSR count). The predicted molar refractivity (Wildman–Crippen MR) is 107 cm³/mol. The average molecular weight is 383 g/mol. The number of nitrogens with one attached hydrogen (secondary N) is 2. The van der Waals surface area contributed by atoms with Crippen molar-refractivity contribution < 1.29 is 19.1 Å². The summed E-state index contributed by atoms with van der Waals surface area (Å²) in [7, 11) is 1.59. The highest BCUT2D eigenvalue weighted by Crippen LogP contribution is 2.16. The lowest BCUT2D eigenvalue weighted by Gasteiger charge is -2.09. The molecule has 0 spiro atoms. The summed E-state index contributed by atoms with van der Waals surface area (Å²) in [5.74, 6) is 0.744. The Bertz CT molecular complexity index is 849. The Labute approximate surface area is 164 Å². The smallest absolute Gasteiger partial charge is 0.277 e. The van der Waals surface area contributed by atoms with E-state index in [0.717, 1.165) is 11.1 Å². The number of benzene rings is 2. The lowest BCUT2D eigenvalue weighted by atomic mass is 10.2. The molecule has 0 saturated heterocycles. The molecule has 2 N–H and O–H groups in total. The average Bonchev–Trinajstić information content (AvgIpc) is 2.69. The number of hydrogen-bond acceptors (Lipinski definition) is 5. The van der Waals surface area contributed by atoms with Crippen molar-refractivity contribution in [2.24, 2.45) is 5.10 Å². The fourth-order valence-corrected chi connectivity index (χ4v) is 2.42. The molecule has 0 unspecified atom stereocenters. The number of para-hydroxylation sites is 1. The first kappa shape index (κ1) is 21.0. The summed E-state index contributed by atoms with van der Waals surface area (Å²) in [6.45, 7) is 3.82. The van der Waals surface area contributed by atoms with Gasteiger partial charge in [-0.15, -0.1) is 0 Å². The Kier molecular flexibility index (Phi) is 8.02. The van der Waals surface area contributed by atoms with Crippen LogP contribution in [0, 0.1) is 6.92 Å². The first-order valence-corrected chi connectivity index (χ1v) is 8.88. The molecule has 0 saturated carbocycles. The molecule has 0 bridgehead atoms. The van der Waals surface area contributed by atoms with Gasteiger partial charge in [0.25, 0.3) is 5.91 Å². The van der Waals surface area contributed by atoms with Crippen molar-refractivity contribution in [1.29, 1.82) is 0 Å². The van der Waals surface area contributed by atoms with Gasteiger partial charge in [0.1, 0.15) is 11.5 Å². The second-order valence-electron chi connectivity index (χ2n) is 6.25. The third-order valence-electron chi connectivity index (χ3n) is 3.82. The van der Waals surface area contributed by atoms with Gasteiger partial charge in [0.2, 0.25) is 5.91 Å². The van der Waals surface area contributed by atoms with Crippen LogP contribution in [0.5, 0.6) is 11.5 Å². The molecular formula is C21H25N3O4. The highest BCUT2D eigenvalue weighted by Gasteiger charge is 2.07. The lowest BCUT2D eigenvalue weighted by molar-refractivity contribution is -0.123. The Morgan fingerprint density at radius 1 is 1.07 bits per heavy atom. The summed E-state index contributed by atoms with van der Waals surface area (Å²) in [6, 6.07) is 14.9. The minimum absolute atomic E-state index is 0.0775. The van der Waals surface area contributed by atoms with Crippen LogP contribution in [0.25, 0.3) is 0 Å². The number of methoxy groups -OCH3 is 1. The van der Waals surface area contributed by atoms with Gasteiger partial charge >= 0.3 is 0 Å². The summed E-state index contributed by atoms with van der Waals surface area (Å²) < 4.78 is 10.6. The molecule has 7 heteroatoms. The van der Waals surface area contributed by atoms with E-state index in [-0.39, 0.29) is 18.9 Å². The van der Waals surface area contributed by atoms with Crippen LogP contribution in [0.3, 0.4) is 0 Å². The second kappa shape index (κ2) is 10.7. The van der Waals surface area contributed by atoms with Gasteiger partial charge in [-0.3, -0.25) is 9.59 Å². The number of hydrogen-bond donors (Lipinski definition) is 2. The van der Waals surface area contributed by atoms with Gasteiger partial charge in [0.05, 0.1) is 13.5 Å². The maximum absolute atomic E-state index is 12.0. The highest BCUT2D eigenvalue weighted by molar-refractivity contribution is 6.00. The largest absolute Gasteiger partial charge is 0.496 e. The van der Waals surface area contributed by atoms with E-state index >= 15 is 0 Å². The van der Waals surface area contributed by atoms with Crippen molar-refractivity contribution in [3.05, 3.63) is 59.7 Å². The first-order valence-electron chi connectivity index (χ1n) is 8.88. The van der Waals surface area contributed by atoms with E-state index in [2.05, 4.69) is 15.8 Å². The molecule has 0 aliphatic carbocycles. The molecule has 0 aliphatic rings. The van der Waals surface area contributed by atoms with E-state index in [1.54, 1.807) is 20.1 Å². The van der Waals surface area contributed by atoms with Crippen molar-refractivity contribution in [2.75, 3.05) is 13.7 Å². The monoisotopic (exact) mass is 383 g/mol. The predicted octanol–water partition coefficient (Wildman–Crippen LogP) is 2.58. The molecule has 2 amide bonds. The van der Waals surface area contributed by atoms with E-state index in [4.69, 9.17) is 9.47 Å². The molecule has 0 fully saturated rings. The van der Waals surface area contributed by atoms with E-state index in [1.165, 1.54) is 0 Å². The number of ether oxygens (including phenoxy) is 2. The summed E-state index contributed by atoms with van der Waals surface area (Å²) in [4.78, 5) is 23.9. The normalized spacial score (nSPS) is 10.9. The Morgan fingerprint density at radius 2 is 1.86 bits per heavy atom. The third kappa shape index (κ3) is 7.11. The summed E-state index contributed by atoms with van der Waals surface area (Å²) >= 11 is 0. The Balaban J connectivity index is 1.73. The summed E-state index contributed by atoms with van der Waals surface area (Å²) in [6.07, 6.45) is 0.0775. The van der Waals surface area contributed by atoms with Crippen LogP contribution in [0.2, 0.25) is 0 Å². The second-order valence-corrected chi connectivity index (χ2v) is 6.25. The van der Waals surface area contributed by atoms with Crippen molar-refractivity contribution >= 4 is 17.5 Å². The fraction of sp³-hybridized carbons (Fsp3) is 0.286. The van der Waals surface area contributed by atoms with Crippen LogP contribution < -0.4 is 20.2 Å². The van der Waals surface area contributed by atoms with E-state index in [9.17, 15) is 9.59 Å². The van der Waals surface area contributed by atoms with Gasteiger partial charge in [-0.05, 0) is 37.6 Å². The van der Waals surface area contributed by atoms with Crippen molar-refractivity contribution in [2.45, 2.75) is 26.8 Å². The zero-order chi connectivity index (χ0) is 20.4. The van der Waals surface area contributed by atoms with Crippen LogP contribution in [-0.2, 0) is 16.1 Å². The van der Waals surface area contributed by atoms with Crippen LogP contribution in [0.1, 0.15) is 24.5 Å². The van der Waals surface area contributed by atoms with Crippen LogP contribution >= 0.6 is 0 Å². The molecule has 0 atom stereocenters. The maximum atomic E-state index is 12.0. The number of hydrazone groups is 1. The number of nitrogens with zero attached hydrogens (tertiary/aromatic N) is 1. The number of rotatable bonds is 9. The molecule has 0 aliphatic heterocycles. The highest BCUT2D eigenvalue weighted by atomic mass is 16.5. The van der Waals surface area contributed by atoms with Crippen molar-refractivity contribution in [3.63, 3.8) is 0 Å². The minimum atomic E-state index is -0.393. The van der Waals surface area contributed by atoms with Crippen molar-refractivity contribution in [3.8, 4) is 11.5 Å². The van der Waals surface area contributed by atoms with Gasteiger partial charge in [0.15, 0.2) is 6.61 Å². The molecule has 0 radical (unpaired) electrons. The lowest BCUT2D eigenvalue weighted by Crippen LogP contribution is -2.28. The zero-order valence-electron chi connectivity index (χ0n) is 16.3. The van der Waals surface area contributed by atoms with Crippen LogP contribution in [-0.4, -0.2) is 31.2 Å². The van der Waals surface area contributed by atoms with Gasteiger partial charge in [-0.1, -0.05) is 30.3 Å². The topological polar surface area (TPSA) is 89.0 Å². The van der Waals surface area contributed by atoms with Gasteiger partial charge < -0.3 is 14.8 Å². The zero-order valence-corrected chi connectivity index (χ0v) is 16.3. The van der Waals surface area contributed by atoms with Gasteiger partial charge in [0, 0.05) is 17.8 Å². The molecule has 0 aromatic heterocycles. The maximum Gasteiger partial charge on any atom is 0.277 e. The molecule has 2 aromatic rings. The van der Waals surface area contributed by atoms with Crippen molar-refractivity contribution in [1.82, 2.24) is 10.7 Å². The minimum Gasteiger partial charge on any atom is -0.496 e. The van der Waals surface area contributed by atoms with E-state index in [1.807, 2.05) is 49.4 Å². The fourth-order valence-electron chi connectivity index (χ4n) is 2.42. The van der Waals surface area contributed by atoms with E-state index < -0.39 is 5.91 Å². The number of carbonyl (C=O) groups excluding carboxylic acids is 2. The molecule has 148 valence electrons. The molecule has 0 heterocycles. The SMILES string of the molecule is COc1ccccc1CNC(=O)CC(C)=NNC(=O)COc1cccc(C)c1. The Hall–Kier alpha value is -3.35. The molecule has 7 nitrogen and oxygen atoms in total. The molecule has 28 heavy (non-hydrogen) atoms. The summed E-state index contributed by atoms with van der Waals surface area (Å²) in [5.41, 5.74) is 4.81. The molecular weight excluding hydrogens is 358 g/mol. The number of carbonyl (C=O) groups is 2.